The highest BCUT2D eigenvalue weighted by atomic mass is 32.2. The quantitative estimate of drug-likeness (QED) is 0.574. The first-order chi connectivity index (χ1) is 17.4. The first kappa shape index (κ1) is 28.6. The molecule has 37 heavy (non-hydrogen) atoms. The maximum absolute atomic E-state index is 13.6. The topological polar surface area (TPSA) is 90.4 Å². The molecule has 1 heterocycles. The van der Waals surface area contributed by atoms with Crippen LogP contribution in [0.4, 0.5) is 4.39 Å². The number of amides is 1. The lowest BCUT2D eigenvalue weighted by Gasteiger charge is -2.37. The highest BCUT2D eigenvalue weighted by Crippen LogP contribution is 2.34. The lowest BCUT2D eigenvalue weighted by atomic mass is 10.0. The van der Waals surface area contributed by atoms with Crippen molar-refractivity contribution in [2.24, 2.45) is 5.92 Å². The van der Waals surface area contributed by atoms with Crippen LogP contribution in [0.15, 0.2) is 47.4 Å². The molecule has 0 radical (unpaired) electrons. The average molecular weight is 532 g/mol. The molecular weight excluding hydrogens is 497 g/mol. The molecule has 0 unspecified atom stereocenters. The maximum Gasteiger partial charge on any atom is 0.247 e. The third-order valence-corrected chi connectivity index (χ3v) is 8.21. The number of nitrogens with zero attached hydrogens (tertiary/aromatic N) is 3. The molecule has 1 aliphatic heterocycles. The van der Waals surface area contributed by atoms with Crippen molar-refractivity contribution in [2.45, 2.75) is 30.9 Å². The van der Waals surface area contributed by atoms with Gasteiger partial charge >= 0.3 is 0 Å². The van der Waals surface area contributed by atoms with Gasteiger partial charge in [-0.1, -0.05) is 18.8 Å². The molecule has 3 atom stereocenters. The van der Waals surface area contributed by atoms with Crippen LogP contribution in [-0.4, -0.2) is 93.1 Å². The maximum atomic E-state index is 13.6. The minimum atomic E-state index is -3.99. The fourth-order valence-electron chi connectivity index (χ4n) is 3.96. The monoisotopic (exact) mass is 531 g/mol. The van der Waals surface area contributed by atoms with Crippen LogP contribution in [0.25, 0.3) is 0 Å². The van der Waals surface area contributed by atoms with Gasteiger partial charge in [0.25, 0.3) is 0 Å². The van der Waals surface area contributed by atoms with Gasteiger partial charge in [-0.25, -0.2) is 12.8 Å². The third-order valence-electron chi connectivity index (χ3n) is 6.19. The van der Waals surface area contributed by atoms with Crippen molar-refractivity contribution in [3.05, 3.63) is 59.4 Å². The van der Waals surface area contributed by atoms with Crippen molar-refractivity contribution in [3.8, 4) is 17.6 Å². The van der Waals surface area contributed by atoms with Crippen molar-refractivity contribution in [1.29, 1.82) is 0 Å². The van der Waals surface area contributed by atoms with Crippen molar-refractivity contribution >= 4 is 15.9 Å². The lowest BCUT2D eigenvalue weighted by Crippen LogP contribution is -2.50. The van der Waals surface area contributed by atoms with Crippen molar-refractivity contribution in [3.63, 3.8) is 0 Å². The molecular formula is C27H34FN3O5S. The van der Waals surface area contributed by atoms with E-state index in [2.05, 4.69) is 11.8 Å². The summed E-state index contributed by atoms with van der Waals surface area (Å²) in [5.74, 6) is 5.31. The summed E-state index contributed by atoms with van der Waals surface area (Å²) in [7, 11) is 1.32. The molecule has 1 N–H and O–H groups in total. The van der Waals surface area contributed by atoms with Gasteiger partial charge in [0.1, 0.15) is 22.6 Å². The molecule has 0 aliphatic carbocycles. The Bertz CT molecular complexity index is 1270. The Labute approximate surface area is 218 Å². The van der Waals surface area contributed by atoms with Crippen LogP contribution in [-0.2, 0) is 14.8 Å². The van der Waals surface area contributed by atoms with E-state index >= 15 is 0 Å². The molecule has 0 bridgehead atoms. The van der Waals surface area contributed by atoms with Gasteiger partial charge in [0.05, 0.1) is 19.7 Å². The Morgan fingerprint density at radius 1 is 1.16 bits per heavy atom. The fourth-order valence-corrected chi connectivity index (χ4v) is 5.79. The molecule has 0 saturated heterocycles. The second-order valence-electron chi connectivity index (χ2n) is 9.67. The van der Waals surface area contributed by atoms with Crippen molar-refractivity contribution in [2.75, 3.05) is 47.4 Å². The van der Waals surface area contributed by atoms with E-state index in [9.17, 15) is 22.7 Å². The normalized spacial score (nSPS) is 20.0. The molecule has 0 fully saturated rings. The van der Waals surface area contributed by atoms with Crippen molar-refractivity contribution in [1.82, 2.24) is 14.1 Å². The van der Waals surface area contributed by atoms with Crippen LogP contribution >= 0.6 is 0 Å². The molecule has 0 aromatic heterocycles. The summed E-state index contributed by atoms with van der Waals surface area (Å²) in [6, 6.07) is 9.71. The molecule has 0 saturated carbocycles. The Morgan fingerprint density at radius 3 is 2.41 bits per heavy atom. The van der Waals surface area contributed by atoms with E-state index in [1.54, 1.807) is 48.0 Å². The van der Waals surface area contributed by atoms with Gasteiger partial charge < -0.3 is 19.6 Å². The van der Waals surface area contributed by atoms with Crippen LogP contribution < -0.4 is 4.74 Å². The number of carbonyl (C=O) groups excluding carboxylic acids is 1. The lowest BCUT2D eigenvalue weighted by molar-refractivity contribution is -0.132. The second kappa shape index (κ2) is 12.0. The molecule has 8 nitrogen and oxygen atoms in total. The van der Waals surface area contributed by atoms with E-state index in [0.29, 0.717) is 11.1 Å². The van der Waals surface area contributed by atoms with Gasteiger partial charge in [0.15, 0.2) is 0 Å². The van der Waals surface area contributed by atoms with Crippen molar-refractivity contribution < 1.29 is 27.4 Å². The van der Waals surface area contributed by atoms with Crippen LogP contribution in [0.2, 0.25) is 0 Å². The standard InChI is InChI=1S/C27H34FN3O5S/c1-19-15-31(20(2)18-32)37(34,35)26-13-10-22(7-6-21-8-11-23(28)12-9-21)14-24(26)36-25(19)16-30(5)27(33)17-29(3)4/h8-14,19-20,25,32H,15-18H2,1-5H3/t19-,20+,25-/m1/s1. The molecule has 10 heteroatoms. The molecule has 3 rings (SSSR count). The van der Waals surface area contributed by atoms with E-state index in [1.165, 1.54) is 22.5 Å². The fraction of sp³-hybridized carbons (Fsp3) is 0.444. The number of benzene rings is 2. The number of likely N-dealkylation sites (N-methyl/N-ethyl adjacent to an activating group) is 2. The van der Waals surface area contributed by atoms with Gasteiger partial charge in [0, 0.05) is 36.7 Å². The van der Waals surface area contributed by atoms with Crippen LogP contribution in [0.3, 0.4) is 0 Å². The third kappa shape index (κ3) is 7.08. The zero-order chi connectivity index (χ0) is 27.3. The zero-order valence-corrected chi connectivity index (χ0v) is 22.6. The molecule has 2 aromatic rings. The van der Waals surface area contributed by atoms with Gasteiger partial charge in [-0.3, -0.25) is 4.79 Å². The van der Waals surface area contributed by atoms with Crippen LogP contribution in [0, 0.1) is 23.6 Å². The van der Waals surface area contributed by atoms with Gasteiger partial charge in [-0.15, -0.1) is 0 Å². The van der Waals surface area contributed by atoms with E-state index in [4.69, 9.17) is 4.74 Å². The highest BCUT2D eigenvalue weighted by Gasteiger charge is 2.38. The number of hydrogen-bond donors (Lipinski definition) is 1. The minimum absolute atomic E-state index is 0.0284. The summed E-state index contributed by atoms with van der Waals surface area (Å²) >= 11 is 0. The first-order valence-corrected chi connectivity index (χ1v) is 13.5. The summed E-state index contributed by atoms with van der Waals surface area (Å²) < 4.78 is 48.0. The number of ether oxygens (including phenoxy) is 1. The average Bonchev–Trinajstić information content (AvgIpc) is 2.84. The smallest absolute Gasteiger partial charge is 0.247 e. The minimum Gasteiger partial charge on any atom is -0.487 e. The summed E-state index contributed by atoms with van der Waals surface area (Å²) in [5.41, 5.74) is 1.13. The van der Waals surface area contributed by atoms with E-state index in [1.807, 2.05) is 21.0 Å². The number of rotatable bonds is 6. The SMILES string of the molecule is C[C@@H]1CN([C@@H](C)CO)S(=O)(=O)c2ccc(C#Cc3ccc(F)cc3)cc2O[C@@H]1CN(C)C(=O)CN(C)C. The Kier molecular flexibility index (Phi) is 9.31. The zero-order valence-electron chi connectivity index (χ0n) is 21.8. The summed E-state index contributed by atoms with van der Waals surface area (Å²) in [4.78, 5) is 15.9. The van der Waals surface area contributed by atoms with Crippen LogP contribution in [0.5, 0.6) is 5.75 Å². The summed E-state index contributed by atoms with van der Waals surface area (Å²) in [6.07, 6.45) is -0.515. The Hall–Kier alpha value is -2.97. The second-order valence-corrected chi connectivity index (χ2v) is 11.5. The predicted octanol–water partition coefficient (Wildman–Crippen LogP) is 2.01. The predicted molar refractivity (Wildman–Crippen MR) is 139 cm³/mol. The molecule has 1 aliphatic rings. The number of aliphatic hydroxyl groups excluding tert-OH is 1. The molecule has 2 aromatic carbocycles. The van der Waals surface area contributed by atoms with Gasteiger partial charge in [-0.05, 0) is 63.5 Å². The number of sulfonamides is 1. The molecule has 200 valence electrons. The number of halogens is 1. The van der Waals surface area contributed by atoms with E-state index < -0.39 is 22.2 Å². The number of fused-ring (bicyclic) bond motifs is 1. The largest absolute Gasteiger partial charge is 0.487 e. The highest BCUT2D eigenvalue weighted by molar-refractivity contribution is 7.89. The van der Waals surface area contributed by atoms with E-state index in [0.717, 1.165) is 0 Å². The summed E-state index contributed by atoms with van der Waals surface area (Å²) in [5, 5.41) is 9.79. The number of aliphatic hydroxyl groups is 1. The summed E-state index contributed by atoms with van der Waals surface area (Å²) in [6.45, 7) is 3.78. The Balaban J connectivity index is 2.03. The Morgan fingerprint density at radius 2 is 1.78 bits per heavy atom. The molecule has 0 spiro atoms. The molecule has 1 amide bonds. The van der Waals surface area contributed by atoms with Gasteiger partial charge in [-0.2, -0.15) is 4.31 Å². The first-order valence-electron chi connectivity index (χ1n) is 12.0. The number of hydrogen-bond acceptors (Lipinski definition) is 6. The van der Waals surface area contributed by atoms with Crippen LogP contribution in [0.1, 0.15) is 25.0 Å². The number of carbonyl (C=O) groups is 1. The van der Waals surface area contributed by atoms with E-state index in [-0.39, 0.29) is 54.5 Å². The van der Waals surface area contributed by atoms with Gasteiger partial charge in [0.2, 0.25) is 15.9 Å².